The van der Waals surface area contributed by atoms with E-state index in [1.165, 1.54) is 19.4 Å². The number of para-hydroxylation sites is 1. The highest BCUT2D eigenvalue weighted by atomic mass is 19.3. The van der Waals surface area contributed by atoms with Gasteiger partial charge in [-0.1, -0.05) is 36.4 Å². The molecule has 0 saturated carbocycles. The fourth-order valence-corrected chi connectivity index (χ4v) is 4.74. The summed E-state index contributed by atoms with van der Waals surface area (Å²) < 4.78 is 34.5. The summed E-state index contributed by atoms with van der Waals surface area (Å²) in [7, 11) is 1.51. The maximum absolute atomic E-state index is 14.0. The first-order valence-electron chi connectivity index (χ1n) is 11.2. The van der Waals surface area contributed by atoms with Crippen LogP contribution in [0.1, 0.15) is 52.5 Å². The molecule has 6 nitrogen and oxygen atoms in total. The van der Waals surface area contributed by atoms with Gasteiger partial charge in [-0.05, 0) is 49.1 Å². The number of aryl methyl sites for hydroxylation is 1. The Morgan fingerprint density at radius 1 is 1.15 bits per heavy atom. The Hall–Kier alpha value is -3.81. The fraction of sp³-hybridized carbons (Fsp3) is 0.269. The van der Waals surface area contributed by atoms with Gasteiger partial charge in [-0.3, -0.25) is 4.79 Å². The van der Waals surface area contributed by atoms with Crippen LogP contribution < -0.4 is 4.74 Å². The summed E-state index contributed by atoms with van der Waals surface area (Å²) >= 11 is 0. The van der Waals surface area contributed by atoms with Gasteiger partial charge in [0.2, 0.25) is 0 Å². The van der Waals surface area contributed by atoms with Crippen LogP contribution in [0, 0.1) is 6.92 Å². The van der Waals surface area contributed by atoms with Crippen molar-refractivity contribution in [1.29, 1.82) is 0 Å². The summed E-state index contributed by atoms with van der Waals surface area (Å²) in [5.74, 6) is 0.247. The molecule has 0 unspecified atom stereocenters. The third kappa shape index (κ3) is 3.69. The summed E-state index contributed by atoms with van der Waals surface area (Å²) in [4.78, 5) is 20.1. The van der Waals surface area contributed by atoms with Gasteiger partial charge < -0.3 is 9.64 Å². The number of nitrogens with zero attached hydrogens (tertiary/aromatic N) is 4. The van der Waals surface area contributed by atoms with Gasteiger partial charge >= 0.3 is 0 Å². The predicted molar refractivity (Wildman–Crippen MR) is 124 cm³/mol. The van der Waals surface area contributed by atoms with E-state index in [1.807, 2.05) is 31.2 Å². The van der Waals surface area contributed by atoms with Crippen LogP contribution in [0.4, 0.5) is 8.78 Å². The summed E-state index contributed by atoms with van der Waals surface area (Å²) in [5.41, 5.74) is 3.06. The molecule has 34 heavy (non-hydrogen) atoms. The minimum atomic E-state index is -2.80. The lowest BCUT2D eigenvalue weighted by Gasteiger charge is -2.26. The minimum absolute atomic E-state index is 0.0735. The first kappa shape index (κ1) is 22.0. The molecule has 1 fully saturated rings. The van der Waals surface area contributed by atoms with E-state index in [0.717, 1.165) is 28.5 Å². The van der Waals surface area contributed by atoms with Crippen LogP contribution in [-0.4, -0.2) is 39.1 Å². The molecule has 8 heteroatoms. The zero-order valence-corrected chi connectivity index (χ0v) is 18.9. The number of hydrogen-bond acceptors (Lipinski definition) is 4. The molecule has 0 aliphatic carbocycles. The molecule has 1 aliphatic heterocycles. The number of halogens is 2. The Kier molecular flexibility index (Phi) is 5.73. The lowest BCUT2D eigenvalue weighted by Crippen LogP contribution is -2.31. The van der Waals surface area contributed by atoms with Crippen LogP contribution >= 0.6 is 0 Å². The second kappa shape index (κ2) is 8.85. The Morgan fingerprint density at radius 3 is 2.68 bits per heavy atom. The first-order valence-corrected chi connectivity index (χ1v) is 11.2. The number of carbonyl (C=O) groups excluding carboxylic acids is 1. The van der Waals surface area contributed by atoms with Gasteiger partial charge in [0.1, 0.15) is 17.0 Å². The van der Waals surface area contributed by atoms with E-state index < -0.39 is 6.43 Å². The Morgan fingerprint density at radius 2 is 1.91 bits per heavy atom. The summed E-state index contributed by atoms with van der Waals surface area (Å²) in [6, 6.07) is 16.3. The van der Waals surface area contributed by atoms with Gasteiger partial charge in [-0.2, -0.15) is 5.10 Å². The molecular weight excluding hydrogens is 438 g/mol. The zero-order valence-electron chi connectivity index (χ0n) is 18.9. The van der Waals surface area contributed by atoms with E-state index in [4.69, 9.17) is 4.74 Å². The number of amides is 1. The van der Waals surface area contributed by atoms with Gasteiger partial charge in [0, 0.05) is 12.1 Å². The van der Waals surface area contributed by atoms with Crippen molar-refractivity contribution in [2.24, 2.45) is 0 Å². The van der Waals surface area contributed by atoms with Crippen LogP contribution in [0.5, 0.6) is 5.75 Å². The Labute approximate surface area is 195 Å². The van der Waals surface area contributed by atoms with E-state index in [9.17, 15) is 13.6 Å². The summed E-state index contributed by atoms with van der Waals surface area (Å²) in [6.45, 7) is 2.62. The normalized spacial score (nSPS) is 15.9. The standard InChI is InChI=1S/C26H24F2N4O2/c1-16-8-3-4-9-17(16)21-11-7-13-31(21)26(33)19-15-29-32-22(24(27)28)14-20(30-25(19)32)18-10-5-6-12-23(18)34-2/h3-6,8-10,12,14-15,21,24H,7,11,13H2,1-2H3/t21-/m1/s1. The quantitative estimate of drug-likeness (QED) is 0.386. The van der Waals surface area contributed by atoms with Crippen molar-refractivity contribution in [1.82, 2.24) is 19.5 Å². The lowest BCUT2D eigenvalue weighted by atomic mass is 9.99. The van der Waals surface area contributed by atoms with E-state index >= 15 is 0 Å². The number of hydrogen-bond donors (Lipinski definition) is 0. The molecule has 1 aliphatic rings. The van der Waals surface area contributed by atoms with Crippen molar-refractivity contribution in [3.63, 3.8) is 0 Å². The third-order valence-corrected chi connectivity index (χ3v) is 6.40. The molecule has 1 saturated heterocycles. The highest BCUT2D eigenvalue weighted by Crippen LogP contribution is 2.36. The number of aromatic nitrogens is 3. The predicted octanol–water partition coefficient (Wildman–Crippen LogP) is 5.63. The number of rotatable bonds is 5. The average molecular weight is 463 g/mol. The van der Waals surface area contributed by atoms with Crippen molar-refractivity contribution in [3.05, 3.63) is 83.2 Å². The van der Waals surface area contributed by atoms with E-state index in [-0.39, 0.29) is 28.9 Å². The second-order valence-electron chi connectivity index (χ2n) is 8.37. The number of fused-ring (bicyclic) bond motifs is 1. The molecule has 174 valence electrons. The number of benzene rings is 2. The van der Waals surface area contributed by atoms with Crippen LogP contribution in [-0.2, 0) is 0 Å². The summed E-state index contributed by atoms with van der Waals surface area (Å²) in [5, 5.41) is 4.12. The molecule has 4 aromatic rings. The second-order valence-corrected chi connectivity index (χ2v) is 8.37. The van der Waals surface area contributed by atoms with Crippen molar-refractivity contribution in [2.75, 3.05) is 13.7 Å². The van der Waals surface area contributed by atoms with Crippen molar-refractivity contribution in [2.45, 2.75) is 32.2 Å². The molecule has 2 aromatic carbocycles. The molecule has 1 amide bonds. The number of likely N-dealkylation sites (tertiary alicyclic amines) is 1. The fourth-order valence-electron chi connectivity index (χ4n) is 4.74. The van der Waals surface area contributed by atoms with Crippen LogP contribution in [0.15, 0.2) is 60.8 Å². The van der Waals surface area contributed by atoms with E-state index in [0.29, 0.717) is 23.6 Å². The molecule has 0 bridgehead atoms. The summed E-state index contributed by atoms with van der Waals surface area (Å²) in [6.07, 6.45) is 0.258. The van der Waals surface area contributed by atoms with Gasteiger partial charge in [-0.15, -0.1) is 0 Å². The molecule has 0 radical (unpaired) electrons. The Balaban J connectivity index is 1.62. The molecule has 2 aromatic heterocycles. The van der Waals surface area contributed by atoms with Gasteiger partial charge in [0.05, 0.1) is 25.0 Å². The smallest absolute Gasteiger partial charge is 0.280 e. The third-order valence-electron chi connectivity index (χ3n) is 6.40. The molecule has 0 N–H and O–H groups in total. The van der Waals surface area contributed by atoms with Gasteiger partial charge in [0.25, 0.3) is 12.3 Å². The highest BCUT2D eigenvalue weighted by Gasteiger charge is 2.33. The largest absolute Gasteiger partial charge is 0.496 e. The Bertz CT molecular complexity index is 1370. The zero-order chi connectivity index (χ0) is 23.8. The van der Waals surface area contributed by atoms with Crippen molar-refractivity contribution >= 4 is 11.6 Å². The average Bonchev–Trinajstić information content (AvgIpc) is 3.50. The van der Waals surface area contributed by atoms with E-state index in [2.05, 4.69) is 10.1 Å². The maximum Gasteiger partial charge on any atom is 0.280 e. The first-order chi connectivity index (χ1) is 16.5. The molecule has 0 spiro atoms. The lowest BCUT2D eigenvalue weighted by molar-refractivity contribution is 0.0737. The number of alkyl halides is 2. The van der Waals surface area contributed by atoms with Gasteiger partial charge in [-0.25, -0.2) is 18.3 Å². The van der Waals surface area contributed by atoms with Crippen LogP contribution in [0.3, 0.4) is 0 Å². The maximum atomic E-state index is 14.0. The van der Waals surface area contributed by atoms with Crippen LogP contribution in [0.25, 0.3) is 16.9 Å². The molecule has 1 atom stereocenters. The minimum Gasteiger partial charge on any atom is -0.496 e. The van der Waals surface area contributed by atoms with Crippen LogP contribution in [0.2, 0.25) is 0 Å². The molecular formula is C26H24F2N4O2. The number of methoxy groups -OCH3 is 1. The number of ether oxygens (including phenoxy) is 1. The van der Waals surface area contributed by atoms with Crippen molar-refractivity contribution in [3.8, 4) is 17.0 Å². The molecule has 5 rings (SSSR count). The van der Waals surface area contributed by atoms with Gasteiger partial charge in [0.15, 0.2) is 5.65 Å². The highest BCUT2D eigenvalue weighted by molar-refractivity contribution is 6.00. The number of carbonyl (C=O) groups is 1. The SMILES string of the molecule is COc1ccccc1-c1cc(C(F)F)n2ncc(C(=O)N3CCC[C@@H]3c3ccccc3C)c2n1. The van der Waals surface area contributed by atoms with Crippen molar-refractivity contribution < 1.29 is 18.3 Å². The molecule has 3 heterocycles. The van der Waals surface area contributed by atoms with E-state index in [1.54, 1.807) is 29.2 Å². The topological polar surface area (TPSA) is 59.7 Å². The monoisotopic (exact) mass is 462 g/mol.